The highest BCUT2D eigenvalue weighted by Gasteiger charge is 2.23. The molecule has 0 aromatic carbocycles. The van der Waals surface area contributed by atoms with Crippen LogP contribution in [0.3, 0.4) is 0 Å². The van der Waals surface area contributed by atoms with E-state index in [1.54, 1.807) is 0 Å². The average molecular weight is 291 g/mol. The second-order valence-corrected chi connectivity index (χ2v) is 5.66. The normalized spacial score (nSPS) is 15.5. The number of rotatable bonds is 4. The molecule has 0 bridgehead atoms. The molecular weight excluding hydrogens is 266 g/mol. The van der Waals surface area contributed by atoms with Crippen molar-refractivity contribution < 1.29 is 4.79 Å². The Morgan fingerprint density at radius 2 is 1.95 bits per heavy atom. The first-order valence-electron chi connectivity index (χ1n) is 7.64. The molecule has 1 aromatic rings. The van der Waals surface area contributed by atoms with Crippen molar-refractivity contribution >= 4 is 17.5 Å². The SMILES string of the molecule is CCNc1cc(N2CCN(C(=O)C(C)C)CC2)nc(C)n1. The fourth-order valence-electron chi connectivity index (χ4n) is 2.51. The van der Waals surface area contributed by atoms with Crippen molar-refractivity contribution in [1.29, 1.82) is 0 Å². The van der Waals surface area contributed by atoms with Crippen molar-refractivity contribution in [3.63, 3.8) is 0 Å². The number of hydrogen-bond donors (Lipinski definition) is 1. The Hall–Kier alpha value is -1.85. The van der Waals surface area contributed by atoms with E-state index in [-0.39, 0.29) is 11.8 Å². The van der Waals surface area contributed by atoms with Gasteiger partial charge >= 0.3 is 0 Å². The maximum Gasteiger partial charge on any atom is 0.225 e. The van der Waals surface area contributed by atoms with E-state index < -0.39 is 0 Å². The minimum Gasteiger partial charge on any atom is -0.370 e. The zero-order chi connectivity index (χ0) is 15.4. The lowest BCUT2D eigenvalue weighted by molar-refractivity contribution is -0.134. The van der Waals surface area contributed by atoms with E-state index in [4.69, 9.17) is 0 Å². The zero-order valence-electron chi connectivity index (χ0n) is 13.4. The van der Waals surface area contributed by atoms with Crippen molar-refractivity contribution in [3.05, 3.63) is 11.9 Å². The quantitative estimate of drug-likeness (QED) is 0.911. The molecule has 1 saturated heterocycles. The summed E-state index contributed by atoms with van der Waals surface area (Å²) >= 11 is 0. The number of nitrogens with one attached hydrogen (secondary N) is 1. The molecule has 1 aliphatic heterocycles. The second kappa shape index (κ2) is 6.74. The van der Waals surface area contributed by atoms with E-state index in [2.05, 4.69) is 20.2 Å². The molecule has 1 N–H and O–H groups in total. The fraction of sp³-hybridized carbons (Fsp3) is 0.667. The number of piperazine rings is 1. The standard InChI is InChI=1S/C15H25N5O/c1-5-16-13-10-14(18-12(4)17-13)19-6-8-20(9-7-19)15(21)11(2)3/h10-11H,5-9H2,1-4H3,(H,16,17,18). The molecule has 0 atom stereocenters. The third-order valence-corrected chi connectivity index (χ3v) is 3.59. The number of aryl methyl sites for hydroxylation is 1. The average Bonchev–Trinajstić information content (AvgIpc) is 2.46. The minimum absolute atomic E-state index is 0.0678. The number of hydrogen-bond acceptors (Lipinski definition) is 5. The van der Waals surface area contributed by atoms with Gasteiger partial charge in [-0.25, -0.2) is 9.97 Å². The number of anilines is 2. The molecule has 2 rings (SSSR count). The lowest BCUT2D eigenvalue weighted by atomic mass is 10.1. The summed E-state index contributed by atoms with van der Waals surface area (Å²) in [5, 5.41) is 3.23. The summed E-state index contributed by atoms with van der Waals surface area (Å²) in [5.74, 6) is 2.87. The number of nitrogens with zero attached hydrogens (tertiary/aromatic N) is 4. The molecule has 0 radical (unpaired) electrons. The summed E-state index contributed by atoms with van der Waals surface area (Å²) in [6.45, 7) is 11.9. The van der Waals surface area contributed by atoms with Crippen molar-refractivity contribution in [1.82, 2.24) is 14.9 Å². The van der Waals surface area contributed by atoms with Crippen LogP contribution in [0, 0.1) is 12.8 Å². The monoisotopic (exact) mass is 291 g/mol. The van der Waals surface area contributed by atoms with Crippen LogP contribution in [0.15, 0.2) is 6.07 Å². The van der Waals surface area contributed by atoms with E-state index in [0.29, 0.717) is 0 Å². The third-order valence-electron chi connectivity index (χ3n) is 3.59. The molecule has 1 fully saturated rings. The highest BCUT2D eigenvalue weighted by atomic mass is 16.2. The van der Waals surface area contributed by atoms with Crippen LogP contribution in [-0.2, 0) is 4.79 Å². The summed E-state index contributed by atoms with van der Waals surface area (Å²) in [7, 11) is 0. The number of carbonyl (C=O) groups excluding carboxylic acids is 1. The van der Waals surface area contributed by atoms with E-state index in [0.717, 1.165) is 50.2 Å². The van der Waals surface area contributed by atoms with Crippen molar-refractivity contribution in [3.8, 4) is 0 Å². The fourth-order valence-corrected chi connectivity index (χ4v) is 2.51. The minimum atomic E-state index is 0.0678. The molecule has 0 saturated carbocycles. The van der Waals surface area contributed by atoms with Gasteiger partial charge in [-0.1, -0.05) is 13.8 Å². The van der Waals surface area contributed by atoms with E-state index in [1.165, 1.54) is 0 Å². The lowest BCUT2D eigenvalue weighted by Gasteiger charge is -2.36. The Bertz CT molecular complexity index is 495. The molecule has 6 heteroatoms. The first kappa shape index (κ1) is 15.5. The Balaban J connectivity index is 2.03. The number of carbonyl (C=O) groups is 1. The van der Waals surface area contributed by atoms with Gasteiger partial charge in [0.25, 0.3) is 0 Å². The summed E-state index contributed by atoms with van der Waals surface area (Å²) in [4.78, 5) is 25.1. The second-order valence-electron chi connectivity index (χ2n) is 5.66. The predicted octanol–water partition coefficient (Wildman–Crippen LogP) is 1.52. The van der Waals surface area contributed by atoms with Crippen molar-refractivity contribution in [2.75, 3.05) is 42.9 Å². The van der Waals surface area contributed by atoms with Crippen molar-refractivity contribution in [2.24, 2.45) is 5.92 Å². The van der Waals surface area contributed by atoms with Gasteiger partial charge in [0, 0.05) is 44.7 Å². The van der Waals surface area contributed by atoms with Gasteiger partial charge in [0.05, 0.1) is 0 Å². The predicted molar refractivity (Wildman–Crippen MR) is 84.6 cm³/mol. The molecule has 21 heavy (non-hydrogen) atoms. The maximum atomic E-state index is 12.0. The Kier molecular flexibility index (Phi) is 4.98. The molecule has 1 aromatic heterocycles. The molecule has 1 aliphatic rings. The topological polar surface area (TPSA) is 61.4 Å². The highest BCUT2D eigenvalue weighted by molar-refractivity contribution is 5.78. The molecule has 2 heterocycles. The van der Waals surface area contributed by atoms with Crippen LogP contribution in [0.25, 0.3) is 0 Å². The van der Waals surface area contributed by atoms with Gasteiger partial charge in [-0.2, -0.15) is 0 Å². The largest absolute Gasteiger partial charge is 0.370 e. The van der Waals surface area contributed by atoms with Crippen LogP contribution < -0.4 is 10.2 Å². The third kappa shape index (κ3) is 3.83. The summed E-state index contributed by atoms with van der Waals surface area (Å²) < 4.78 is 0. The molecule has 6 nitrogen and oxygen atoms in total. The van der Waals surface area contributed by atoms with E-state index in [9.17, 15) is 4.79 Å². The van der Waals surface area contributed by atoms with Crippen LogP contribution >= 0.6 is 0 Å². The van der Waals surface area contributed by atoms with Gasteiger partial charge in [-0.15, -0.1) is 0 Å². The number of amides is 1. The van der Waals surface area contributed by atoms with Gasteiger partial charge < -0.3 is 15.1 Å². The van der Waals surface area contributed by atoms with Crippen molar-refractivity contribution in [2.45, 2.75) is 27.7 Å². The van der Waals surface area contributed by atoms with Crippen LogP contribution in [0.2, 0.25) is 0 Å². The van der Waals surface area contributed by atoms with Crippen LogP contribution in [-0.4, -0.2) is 53.5 Å². The van der Waals surface area contributed by atoms with Gasteiger partial charge in [-0.05, 0) is 13.8 Å². The molecular formula is C15H25N5O. The highest BCUT2D eigenvalue weighted by Crippen LogP contribution is 2.18. The Morgan fingerprint density at radius 1 is 1.29 bits per heavy atom. The summed E-state index contributed by atoms with van der Waals surface area (Å²) in [5.41, 5.74) is 0. The van der Waals surface area contributed by atoms with Gasteiger partial charge in [0.2, 0.25) is 5.91 Å². The first-order chi connectivity index (χ1) is 10.0. The Labute approximate surface area is 126 Å². The van der Waals surface area contributed by atoms with E-state index >= 15 is 0 Å². The maximum absolute atomic E-state index is 12.0. The molecule has 0 aliphatic carbocycles. The van der Waals surface area contributed by atoms with E-state index in [1.807, 2.05) is 38.7 Å². The first-order valence-corrected chi connectivity index (χ1v) is 7.64. The molecule has 116 valence electrons. The van der Waals surface area contributed by atoms with Gasteiger partial charge in [0.1, 0.15) is 17.5 Å². The smallest absolute Gasteiger partial charge is 0.225 e. The van der Waals surface area contributed by atoms with Gasteiger partial charge in [0.15, 0.2) is 0 Å². The summed E-state index contributed by atoms with van der Waals surface area (Å²) in [6, 6.07) is 1.98. The summed E-state index contributed by atoms with van der Waals surface area (Å²) in [6.07, 6.45) is 0. The van der Waals surface area contributed by atoms with Gasteiger partial charge in [-0.3, -0.25) is 4.79 Å². The zero-order valence-corrected chi connectivity index (χ0v) is 13.4. The van der Waals surface area contributed by atoms with Crippen LogP contribution in [0.4, 0.5) is 11.6 Å². The van der Waals surface area contributed by atoms with Crippen LogP contribution in [0.1, 0.15) is 26.6 Å². The van der Waals surface area contributed by atoms with Crippen LogP contribution in [0.5, 0.6) is 0 Å². The molecule has 0 unspecified atom stereocenters. The number of aromatic nitrogens is 2. The molecule has 0 spiro atoms. The lowest BCUT2D eigenvalue weighted by Crippen LogP contribution is -2.50. The molecule has 1 amide bonds. The Morgan fingerprint density at radius 3 is 2.52 bits per heavy atom.